The van der Waals surface area contributed by atoms with Gasteiger partial charge in [0.15, 0.2) is 5.76 Å². The normalized spacial score (nSPS) is 10.6. The third-order valence-corrected chi connectivity index (χ3v) is 4.57. The molecule has 5 nitrogen and oxygen atoms in total. The first-order chi connectivity index (χ1) is 14.1. The fourth-order valence-corrected chi connectivity index (χ4v) is 3.01. The van der Waals surface area contributed by atoms with Crippen LogP contribution in [0, 0.1) is 6.92 Å². The Hall–Kier alpha value is -3.86. The summed E-state index contributed by atoms with van der Waals surface area (Å²) in [5, 5.41) is 2.92. The maximum Gasteiger partial charge on any atom is 0.256 e. The molecule has 1 amide bonds. The summed E-state index contributed by atoms with van der Waals surface area (Å²) in [6, 6.07) is 22.5. The van der Waals surface area contributed by atoms with Crippen LogP contribution in [0.3, 0.4) is 0 Å². The Morgan fingerprint density at radius 1 is 1.00 bits per heavy atom. The summed E-state index contributed by atoms with van der Waals surface area (Å²) < 4.78 is 11.2. The third-order valence-electron chi connectivity index (χ3n) is 4.57. The van der Waals surface area contributed by atoms with Crippen LogP contribution in [0.5, 0.6) is 5.75 Å². The van der Waals surface area contributed by atoms with Gasteiger partial charge < -0.3 is 14.5 Å². The van der Waals surface area contributed by atoms with Crippen molar-refractivity contribution in [2.24, 2.45) is 0 Å². The lowest BCUT2D eigenvalue weighted by Gasteiger charge is -2.08. The lowest BCUT2D eigenvalue weighted by Crippen LogP contribution is -2.13. The SMILES string of the molecule is COc1cccc(-c2cnc(-c3ccccc3C(=O)Nc3ccc(C)cc3)o2)c1. The molecule has 4 rings (SSSR count). The highest BCUT2D eigenvalue weighted by Crippen LogP contribution is 2.30. The monoisotopic (exact) mass is 384 g/mol. The molecule has 0 atom stereocenters. The predicted molar refractivity (Wildman–Crippen MR) is 113 cm³/mol. The summed E-state index contributed by atoms with van der Waals surface area (Å²) in [4.78, 5) is 17.2. The Morgan fingerprint density at radius 2 is 1.79 bits per heavy atom. The van der Waals surface area contributed by atoms with E-state index < -0.39 is 0 Å². The molecule has 1 aromatic heterocycles. The highest BCUT2D eigenvalue weighted by atomic mass is 16.5. The van der Waals surface area contributed by atoms with Crippen molar-refractivity contribution in [2.75, 3.05) is 12.4 Å². The number of carbonyl (C=O) groups is 1. The lowest BCUT2D eigenvalue weighted by molar-refractivity contribution is 0.102. The van der Waals surface area contributed by atoms with Crippen molar-refractivity contribution in [3.8, 4) is 28.5 Å². The third kappa shape index (κ3) is 4.04. The van der Waals surface area contributed by atoms with Gasteiger partial charge in [0, 0.05) is 16.8 Å². The van der Waals surface area contributed by atoms with Crippen LogP contribution in [-0.2, 0) is 0 Å². The molecule has 144 valence electrons. The van der Waals surface area contributed by atoms with Crippen LogP contribution >= 0.6 is 0 Å². The van der Waals surface area contributed by atoms with Crippen molar-refractivity contribution in [1.29, 1.82) is 0 Å². The molecule has 29 heavy (non-hydrogen) atoms. The number of ether oxygens (including phenoxy) is 1. The highest BCUT2D eigenvalue weighted by Gasteiger charge is 2.17. The van der Waals surface area contributed by atoms with Crippen LogP contribution in [0.15, 0.2) is 83.4 Å². The number of amides is 1. The van der Waals surface area contributed by atoms with Crippen LogP contribution < -0.4 is 10.1 Å². The number of methoxy groups -OCH3 is 1. The average molecular weight is 384 g/mol. The summed E-state index contributed by atoms with van der Waals surface area (Å²) >= 11 is 0. The number of anilines is 1. The summed E-state index contributed by atoms with van der Waals surface area (Å²) in [5.74, 6) is 1.51. The maximum atomic E-state index is 12.9. The van der Waals surface area contributed by atoms with E-state index in [1.54, 1.807) is 19.4 Å². The van der Waals surface area contributed by atoms with Crippen LogP contribution in [0.25, 0.3) is 22.8 Å². The molecule has 1 N–H and O–H groups in total. The van der Waals surface area contributed by atoms with Crippen molar-refractivity contribution < 1.29 is 13.9 Å². The molecule has 0 fully saturated rings. The Kier molecular flexibility index (Phi) is 5.12. The first kappa shape index (κ1) is 18.5. The number of aromatic nitrogens is 1. The number of nitrogens with one attached hydrogen (secondary N) is 1. The van der Waals surface area contributed by atoms with Crippen LogP contribution in [0.4, 0.5) is 5.69 Å². The van der Waals surface area contributed by atoms with Crippen molar-refractivity contribution in [3.63, 3.8) is 0 Å². The predicted octanol–water partition coefficient (Wildman–Crippen LogP) is 5.58. The molecule has 0 saturated heterocycles. The molecule has 5 heteroatoms. The largest absolute Gasteiger partial charge is 0.497 e. The van der Waals surface area contributed by atoms with Gasteiger partial charge in [-0.25, -0.2) is 4.98 Å². The van der Waals surface area contributed by atoms with Crippen LogP contribution in [0.2, 0.25) is 0 Å². The van der Waals surface area contributed by atoms with Crippen molar-refractivity contribution >= 4 is 11.6 Å². The van der Waals surface area contributed by atoms with Crippen molar-refractivity contribution in [3.05, 3.63) is 90.1 Å². The zero-order valence-electron chi connectivity index (χ0n) is 16.2. The Labute approximate surface area is 169 Å². The van der Waals surface area contributed by atoms with Gasteiger partial charge >= 0.3 is 0 Å². The number of hydrogen-bond donors (Lipinski definition) is 1. The summed E-state index contributed by atoms with van der Waals surface area (Å²) in [7, 11) is 1.62. The Bertz CT molecular complexity index is 1150. The first-order valence-electron chi connectivity index (χ1n) is 9.22. The quantitative estimate of drug-likeness (QED) is 0.488. The van der Waals surface area contributed by atoms with Crippen LogP contribution in [0.1, 0.15) is 15.9 Å². The molecular weight excluding hydrogens is 364 g/mol. The zero-order valence-corrected chi connectivity index (χ0v) is 16.2. The maximum absolute atomic E-state index is 12.9. The molecule has 0 aliphatic heterocycles. The number of benzene rings is 3. The van der Waals surface area contributed by atoms with E-state index in [4.69, 9.17) is 9.15 Å². The van der Waals surface area contributed by atoms with Gasteiger partial charge in [0.25, 0.3) is 5.91 Å². The minimum absolute atomic E-state index is 0.217. The number of hydrogen-bond acceptors (Lipinski definition) is 4. The fraction of sp³-hybridized carbons (Fsp3) is 0.0833. The van der Waals surface area contributed by atoms with E-state index in [1.165, 1.54) is 0 Å². The number of aryl methyl sites for hydroxylation is 1. The van der Waals surface area contributed by atoms with Crippen molar-refractivity contribution in [1.82, 2.24) is 4.98 Å². The highest BCUT2D eigenvalue weighted by molar-refractivity contribution is 6.08. The summed E-state index contributed by atoms with van der Waals surface area (Å²) in [6.07, 6.45) is 1.65. The Morgan fingerprint density at radius 3 is 2.59 bits per heavy atom. The Balaban J connectivity index is 1.64. The number of rotatable bonds is 5. The van der Waals surface area contributed by atoms with Gasteiger partial charge in [0.05, 0.1) is 18.9 Å². The summed E-state index contributed by atoms with van der Waals surface area (Å²) in [6.45, 7) is 2.00. The molecule has 0 radical (unpaired) electrons. The first-order valence-corrected chi connectivity index (χ1v) is 9.22. The smallest absolute Gasteiger partial charge is 0.256 e. The second kappa shape index (κ2) is 8.02. The van der Waals surface area contributed by atoms with Crippen LogP contribution in [-0.4, -0.2) is 18.0 Å². The van der Waals surface area contributed by atoms with E-state index in [9.17, 15) is 4.79 Å². The molecule has 0 aliphatic rings. The second-order valence-corrected chi connectivity index (χ2v) is 6.63. The lowest BCUT2D eigenvalue weighted by atomic mass is 10.1. The molecule has 0 bridgehead atoms. The molecule has 4 aromatic rings. The minimum Gasteiger partial charge on any atom is -0.497 e. The van der Waals surface area contributed by atoms with Gasteiger partial charge in [0.1, 0.15) is 5.75 Å². The van der Waals surface area contributed by atoms with Gasteiger partial charge in [0.2, 0.25) is 5.89 Å². The number of carbonyl (C=O) groups excluding carboxylic acids is 1. The fourth-order valence-electron chi connectivity index (χ4n) is 3.01. The van der Waals surface area contributed by atoms with E-state index in [0.29, 0.717) is 22.8 Å². The molecule has 1 heterocycles. The zero-order chi connectivity index (χ0) is 20.2. The molecule has 0 saturated carbocycles. The standard InChI is InChI=1S/C24H20N2O3/c1-16-10-12-18(13-11-16)26-23(27)20-8-3-4-9-21(20)24-25-15-22(29-24)17-6-5-7-19(14-17)28-2/h3-15H,1-2H3,(H,26,27). The molecule has 0 unspecified atom stereocenters. The van der Waals surface area contributed by atoms with E-state index in [2.05, 4.69) is 10.3 Å². The topological polar surface area (TPSA) is 64.4 Å². The van der Waals surface area contributed by atoms with E-state index in [0.717, 1.165) is 22.6 Å². The van der Waals surface area contributed by atoms with E-state index in [1.807, 2.05) is 73.7 Å². The van der Waals surface area contributed by atoms with Crippen molar-refractivity contribution in [2.45, 2.75) is 6.92 Å². The molecule has 3 aromatic carbocycles. The summed E-state index contributed by atoms with van der Waals surface area (Å²) in [5.41, 5.74) is 3.84. The van der Waals surface area contributed by atoms with Gasteiger partial charge in [-0.15, -0.1) is 0 Å². The minimum atomic E-state index is -0.217. The van der Waals surface area contributed by atoms with Gasteiger partial charge in [-0.05, 0) is 43.3 Å². The number of nitrogens with zero attached hydrogens (tertiary/aromatic N) is 1. The molecule has 0 aliphatic carbocycles. The average Bonchev–Trinajstić information content (AvgIpc) is 3.25. The molecular formula is C24H20N2O3. The van der Waals surface area contributed by atoms with E-state index >= 15 is 0 Å². The van der Waals surface area contributed by atoms with Gasteiger partial charge in [-0.1, -0.05) is 42.0 Å². The molecule has 0 spiro atoms. The van der Waals surface area contributed by atoms with E-state index in [-0.39, 0.29) is 5.91 Å². The number of oxazole rings is 1. The van der Waals surface area contributed by atoms with Gasteiger partial charge in [-0.3, -0.25) is 4.79 Å². The van der Waals surface area contributed by atoms with Gasteiger partial charge in [-0.2, -0.15) is 0 Å². The second-order valence-electron chi connectivity index (χ2n) is 6.63.